The highest BCUT2D eigenvalue weighted by Gasteiger charge is 2.11. The van der Waals surface area contributed by atoms with Crippen LogP contribution in [0.15, 0.2) is 0 Å². The molecule has 0 bridgehead atoms. The Balaban J connectivity index is 0. The van der Waals surface area contributed by atoms with E-state index in [1.54, 1.807) is 0 Å². The summed E-state index contributed by atoms with van der Waals surface area (Å²) in [7, 11) is 0. The zero-order valence-corrected chi connectivity index (χ0v) is 6.20. The van der Waals surface area contributed by atoms with Gasteiger partial charge in [0.1, 0.15) is 6.04 Å². The molecular weight excluding hydrogens is 137 g/mol. The average molecular weight is 151 g/mol. The second-order valence-electron chi connectivity index (χ2n) is 2.57. The molecule has 0 aliphatic carbocycles. The van der Waals surface area contributed by atoms with Gasteiger partial charge in [0.2, 0.25) is 0 Å². The summed E-state index contributed by atoms with van der Waals surface area (Å²) in [6, 6.07) is -0.690. The molecule has 1 unspecified atom stereocenters. The topological polar surface area (TPSA) is 63.3 Å². The van der Waals surface area contributed by atoms with E-state index in [-0.39, 0.29) is 4.70 Å². The van der Waals surface area contributed by atoms with E-state index >= 15 is 0 Å². The number of rotatable bonds is 3. The zero-order valence-electron chi connectivity index (χ0n) is 6.20. The lowest BCUT2D eigenvalue weighted by Gasteiger charge is -2.07. The van der Waals surface area contributed by atoms with E-state index in [9.17, 15) is 4.79 Å². The lowest BCUT2D eigenvalue weighted by molar-refractivity contribution is -0.138. The molecule has 4 heteroatoms. The Morgan fingerprint density at radius 1 is 1.60 bits per heavy atom. The minimum atomic E-state index is -0.913. The molecular formula is C6H14FNO2. The minimum Gasteiger partial charge on any atom is -0.480 e. The average Bonchev–Trinajstić information content (AvgIpc) is 1.63. The van der Waals surface area contributed by atoms with E-state index in [2.05, 4.69) is 0 Å². The van der Waals surface area contributed by atoms with Gasteiger partial charge in [-0.3, -0.25) is 9.50 Å². The second kappa shape index (κ2) is 5.17. The van der Waals surface area contributed by atoms with Gasteiger partial charge < -0.3 is 10.8 Å². The summed E-state index contributed by atoms with van der Waals surface area (Å²) in [6.07, 6.45) is 0.551. The molecule has 0 aromatic carbocycles. The molecule has 0 aromatic rings. The first-order chi connectivity index (χ1) is 4.04. The number of hydrogen-bond acceptors (Lipinski definition) is 2. The number of hydrogen-bond donors (Lipinski definition) is 2. The van der Waals surface area contributed by atoms with Crippen molar-refractivity contribution in [1.82, 2.24) is 0 Å². The molecule has 0 radical (unpaired) electrons. The van der Waals surface area contributed by atoms with Crippen molar-refractivity contribution in [2.24, 2.45) is 11.7 Å². The van der Waals surface area contributed by atoms with Crippen molar-refractivity contribution < 1.29 is 14.6 Å². The Morgan fingerprint density at radius 3 is 2.10 bits per heavy atom. The predicted octanol–water partition coefficient (Wildman–Crippen LogP) is 0.597. The number of aliphatic carboxylic acids is 1. The molecule has 0 aliphatic rings. The monoisotopic (exact) mass is 151 g/mol. The zero-order chi connectivity index (χ0) is 7.44. The highest BCUT2D eigenvalue weighted by molar-refractivity contribution is 5.72. The fourth-order valence-electron chi connectivity index (χ4n) is 0.609. The van der Waals surface area contributed by atoms with Crippen LogP contribution in [0.5, 0.6) is 0 Å². The van der Waals surface area contributed by atoms with Crippen LogP contribution >= 0.6 is 0 Å². The van der Waals surface area contributed by atoms with Gasteiger partial charge in [0, 0.05) is 0 Å². The summed E-state index contributed by atoms with van der Waals surface area (Å²) >= 11 is 0. The molecule has 0 heterocycles. The van der Waals surface area contributed by atoms with Crippen LogP contribution in [0.2, 0.25) is 0 Å². The summed E-state index contributed by atoms with van der Waals surface area (Å²) in [4.78, 5) is 10.1. The fourth-order valence-corrected chi connectivity index (χ4v) is 0.609. The van der Waals surface area contributed by atoms with Gasteiger partial charge in [-0.05, 0) is 12.3 Å². The van der Waals surface area contributed by atoms with Crippen molar-refractivity contribution in [1.29, 1.82) is 0 Å². The Labute approximate surface area is 59.6 Å². The number of nitrogens with two attached hydrogens (primary N) is 1. The third kappa shape index (κ3) is 5.50. The van der Waals surface area contributed by atoms with E-state index in [4.69, 9.17) is 10.8 Å². The fraction of sp³-hybridized carbons (Fsp3) is 0.833. The van der Waals surface area contributed by atoms with Crippen LogP contribution < -0.4 is 5.73 Å². The third-order valence-electron chi connectivity index (χ3n) is 1.04. The third-order valence-corrected chi connectivity index (χ3v) is 1.04. The van der Waals surface area contributed by atoms with Crippen LogP contribution in [0.3, 0.4) is 0 Å². The maximum atomic E-state index is 10.1. The summed E-state index contributed by atoms with van der Waals surface area (Å²) in [5.74, 6) is -0.556. The lowest BCUT2D eigenvalue weighted by Crippen LogP contribution is -2.31. The van der Waals surface area contributed by atoms with Gasteiger partial charge in [-0.1, -0.05) is 13.8 Å². The Kier molecular flexibility index (Phi) is 6.24. The summed E-state index contributed by atoms with van der Waals surface area (Å²) in [5, 5.41) is 8.31. The molecule has 0 aromatic heterocycles. The molecule has 0 fully saturated rings. The van der Waals surface area contributed by atoms with Crippen LogP contribution in [0.1, 0.15) is 20.3 Å². The van der Waals surface area contributed by atoms with Crippen molar-refractivity contribution in [3.05, 3.63) is 0 Å². The maximum absolute atomic E-state index is 10.1. The molecule has 1 atom stereocenters. The Bertz CT molecular complexity index is 106. The Hall–Kier alpha value is -0.640. The molecule has 3 nitrogen and oxygen atoms in total. The molecule has 0 rings (SSSR count). The number of halogens is 1. The summed E-state index contributed by atoms with van der Waals surface area (Å²) in [5.41, 5.74) is 5.22. The van der Waals surface area contributed by atoms with Gasteiger partial charge in [0.15, 0.2) is 0 Å². The van der Waals surface area contributed by atoms with Crippen LogP contribution in [-0.4, -0.2) is 17.1 Å². The molecule has 0 amide bonds. The largest absolute Gasteiger partial charge is 0.480 e. The first kappa shape index (κ1) is 12.1. The molecule has 0 spiro atoms. The van der Waals surface area contributed by atoms with Gasteiger partial charge >= 0.3 is 5.97 Å². The van der Waals surface area contributed by atoms with E-state index < -0.39 is 12.0 Å². The standard InChI is InChI=1S/C6H13NO2.FH/c1-4(2)3-5(7)6(8)9;/h4-5H,3,7H2,1-2H3,(H,8,9);1H. The van der Waals surface area contributed by atoms with Gasteiger partial charge in [-0.25, -0.2) is 0 Å². The molecule has 0 saturated carbocycles. The summed E-state index contributed by atoms with van der Waals surface area (Å²) < 4.78 is 0. The first-order valence-electron chi connectivity index (χ1n) is 3.02. The summed E-state index contributed by atoms with van der Waals surface area (Å²) in [6.45, 7) is 3.89. The SMILES string of the molecule is CC(C)CC(N)C(=O)O.F. The van der Waals surface area contributed by atoms with Crippen LogP contribution in [0, 0.1) is 5.92 Å². The maximum Gasteiger partial charge on any atom is 0.320 e. The molecule has 0 aliphatic heterocycles. The van der Waals surface area contributed by atoms with Crippen LogP contribution in [0.25, 0.3) is 0 Å². The van der Waals surface area contributed by atoms with E-state index in [0.29, 0.717) is 12.3 Å². The van der Waals surface area contributed by atoms with Gasteiger partial charge in [-0.15, -0.1) is 0 Å². The predicted molar refractivity (Wildman–Crippen MR) is 37.6 cm³/mol. The van der Waals surface area contributed by atoms with E-state index in [1.807, 2.05) is 13.8 Å². The van der Waals surface area contributed by atoms with Crippen LogP contribution in [0.4, 0.5) is 4.70 Å². The van der Waals surface area contributed by atoms with Crippen molar-refractivity contribution in [2.75, 3.05) is 0 Å². The normalized spacial score (nSPS) is 12.4. The molecule has 62 valence electrons. The van der Waals surface area contributed by atoms with Crippen molar-refractivity contribution in [3.63, 3.8) is 0 Å². The molecule has 3 N–H and O–H groups in total. The number of carboxylic acids is 1. The Morgan fingerprint density at radius 2 is 2.00 bits per heavy atom. The van der Waals surface area contributed by atoms with Gasteiger partial charge in [0.05, 0.1) is 0 Å². The van der Waals surface area contributed by atoms with E-state index in [0.717, 1.165) is 0 Å². The van der Waals surface area contributed by atoms with Crippen LogP contribution in [-0.2, 0) is 4.79 Å². The number of carboxylic acid groups (broad SMARTS) is 1. The van der Waals surface area contributed by atoms with E-state index in [1.165, 1.54) is 0 Å². The molecule has 0 saturated heterocycles. The quantitative estimate of drug-likeness (QED) is 0.620. The van der Waals surface area contributed by atoms with Gasteiger partial charge in [-0.2, -0.15) is 0 Å². The van der Waals surface area contributed by atoms with Crippen molar-refractivity contribution in [2.45, 2.75) is 26.3 Å². The minimum absolute atomic E-state index is 0. The highest BCUT2D eigenvalue weighted by atomic mass is 19.0. The second-order valence-corrected chi connectivity index (χ2v) is 2.57. The van der Waals surface area contributed by atoms with Gasteiger partial charge in [0.25, 0.3) is 0 Å². The van der Waals surface area contributed by atoms with Crippen molar-refractivity contribution in [3.8, 4) is 0 Å². The first-order valence-corrected chi connectivity index (χ1v) is 3.02. The highest BCUT2D eigenvalue weighted by Crippen LogP contribution is 2.01. The number of carbonyl (C=O) groups is 1. The smallest absolute Gasteiger partial charge is 0.320 e. The lowest BCUT2D eigenvalue weighted by atomic mass is 10.1. The molecule has 10 heavy (non-hydrogen) atoms. The van der Waals surface area contributed by atoms with Crippen molar-refractivity contribution >= 4 is 5.97 Å².